The molecule has 8 heteroatoms. The first-order valence-corrected chi connectivity index (χ1v) is 8.91. The second kappa shape index (κ2) is 7.22. The lowest BCUT2D eigenvalue weighted by atomic mass is 10.0. The quantitative estimate of drug-likeness (QED) is 0.511. The molecule has 0 fully saturated rings. The molecule has 4 aromatic rings. The minimum Gasteiger partial charge on any atom is -0.459 e. The molecule has 30 heavy (non-hydrogen) atoms. The summed E-state index contributed by atoms with van der Waals surface area (Å²) in [5.41, 5.74) is -0.850. The number of fused-ring (bicyclic) bond motifs is 1. The van der Waals surface area contributed by atoms with Gasteiger partial charge in [-0.25, -0.2) is 0 Å². The summed E-state index contributed by atoms with van der Waals surface area (Å²) in [4.78, 5) is 25.8. The number of carbonyl (C=O) groups is 1. The van der Waals surface area contributed by atoms with Crippen molar-refractivity contribution >= 4 is 22.6 Å². The Labute approximate surface area is 168 Å². The number of nitrogens with one attached hydrogen (secondary N) is 1. The van der Waals surface area contributed by atoms with Gasteiger partial charge in [0.15, 0.2) is 11.2 Å². The number of hydrogen-bond acceptors (Lipinski definition) is 3. The minimum absolute atomic E-state index is 0.00519. The van der Waals surface area contributed by atoms with Crippen LogP contribution in [0.3, 0.4) is 0 Å². The molecule has 0 unspecified atom stereocenters. The second-order valence-electron chi connectivity index (χ2n) is 6.64. The Morgan fingerprint density at radius 2 is 1.80 bits per heavy atom. The highest BCUT2D eigenvalue weighted by molar-refractivity contribution is 6.05. The Morgan fingerprint density at radius 1 is 1.03 bits per heavy atom. The van der Waals surface area contributed by atoms with Gasteiger partial charge < -0.3 is 14.3 Å². The Balaban J connectivity index is 1.99. The van der Waals surface area contributed by atoms with Gasteiger partial charge in [-0.05, 0) is 42.0 Å². The number of pyridine rings is 1. The largest absolute Gasteiger partial charge is 0.459 e. The molecule has 1 N–H and O–H groups in total. The smallest absolute Gasteiger partial charge is 0.416 e. The van der Waals surface area contributed by atoms with Crippen LogP contribution >= 0.6 is 0 Å². The molecule has 152 valence electrons. The van der Waals surface area contributed by atoms with Gasteiger partial charge in [0.25, 0.3) is 5.91 Å². The number of furan rings is 1. The molecule has 2 aromatic heterocycles. The van der Waals surface area contributed by atoms with E-state index >= 15 is 0 Å². The second-order valence-corrected chi connectivity index (χ2v) is 6.64. The molecular formula is C22H15F3N2O3. The Hall–Kier alpha value is -3.81. The standard InChI is InChI=1S/C22H15F3N2O3/c1-27-16-9-3-2-8-15(16)19(28)18(13-6-4-7-14(12-13)22(23,24)25)20(27)26-21(29)17-10-5-11-30-17/h2-12H,1H3,(H,26,29). The zero-order chi connectivity index (χ0) is 21.5. The van der Waals surface area contributed by atoms with E-state index in [1.54, 1.807) is 35.9 Å². The van der Waals surface area contributed by atoms with Gasteiger partial charge in [0.1, 0.15) is 5.82 Å². The van der Waals surface area contributed by atoms with Gasteiger partial charge in [-0.2, -0.15) is 13.2 Å². The van der Waals surface area contributed by atoms with Crippen LogP contribution in [-0.2, 0) is 13.2 Å². The van der Waals surface area contributed by atoms with Gasteiger partial charge >= 0.3 is 6.18 Å². The highest BCUT2D eigenvalue weighted by Gasteiger charge is 2.31. The molecule has 0 aliphatic rings. The number of benzene rings is 2. The summed E-state index contributed by atoms with van der Waals surface area (Å²) in [5, 5.41) is 2.94. The zero-order valence-electron chi connectivity index (χ0n) is 15.7. The van der Waals surface area contributed by atoms with Crippen LogP contribution in [-0.4, -0.2) is 10.5 Å². The van der Waals surface area contributed by atoms with Crippen LogP contribution in [0.15, 0.2) is 76.1 Å². The number of alkyl halides is 3. The van der Waals surface area contributed by atoms with Crippen LogP contribution in [0.25, 0.3) is 22.0 Å². The van der Waals surface area contributed by atoms with Crippen molar-refractivity contribution in [3.63, 3.8) is 0 Å². The summed E-state index contributed by atoms with van der Waals surface area (Å²) in [6.45, 7) is 0. The van der Waals surface area contributed by atoms with Crippen LogP contribution in [0.2, 0.25) is 0 Å². The van der Waals surface area contributed by atoms with E-state index in [-0.39, 0.29) is 22.7 Å². The van der Waals surface area contributed by atoms with Gasteiger partial charge in [0, 0.05) is 12.4 Å². The number of nitrogens with zero attached hydrogens (tertiary/aromatic N) is 1. The van der Waals surface area contributed by atoms with E-state index in [4.69, 9.17) is 4.42 Å². The fourth-order valence-electron chi connectivity index (χ4n) is 3.33. The maximum atomic E-state index is 13.3. The summed E-state index contributed by atoms with van der Waals surface area (Å²) in [7, 11) is 1.62. The van der Waals surface area contributed by atoms with Crippen molar-refractivity contribution in [3.05, 3.63) is 88.5 Å². The van der Waals surface area contributed by atoms with E-state index in [0.29, 0.717) is 10.9 Å². The summed E-state index contributed by atoms with van der Waals surface area (Å²) in [6.07, 6.45) is -3.25. The van der Waals surface area contributed by atoms with Crippen molar-refractivity contribution in [1.29, 1.82) is 0 Å². The maximum Gasteiger partial charge on any atom is 0.416 e. The number of aromatic nitrogens is 1. The van der Waals surface area contributed by atoms with Gasteiger partial charge in [-0.3, -0.25) is 9.59 Å². The van der Waals surface area contributed by atoms with Gasteiger partial charge in [0.2, 0.25) is 0 Å². The molecule has 4 rings (SSSR count). The lowest BCUT2D eigenvalue weighted by Gasteiger charge is -2.18. The number of amides is 1. The molecule has 0 bridgehead atoms. The van der Waals surface area contributed by atoms with E-state index in [9.17, 15) is 22.8 Å². The first-order chi connectivity index (χ1) is 14.3. The van der Waals surface area contributed by atoms with E-state index in [0.717, 1.165) is 12.1 Å². The first kappa shape index (κ1) is 19.5. The lowest BCUT2D eigenvalue weighted by Crippen LogP contribution is -2.21. The number of carbonyl (C=O) groups excluding carboxylic acids is 1. The molecule has 5 nitrogen and oxygen atoms in total. The van der Waals surface area contributed by atoms with E-state index in [2.05, 4.69) is 5.32 Å². The van der Waals surface area contributed by atoms with Crippen molar-refractivity contribution in [2.45, 2.75) is 6.18 Å². The molecule has 0 aliphatic heterocycles. The predicted molar refractivity (Wildman–Crippen MR) is 106 cm³/mol. The molecule has 0 radical (unpaired) electrons. The number of aryl methyl sites for hydroxylation is 1. The average Bonchev–Trinajstić information content (AvgIpc) is 3.26. The van der Waals surface area contributed by atoms with Crippen LogP contribution in [0.4, 0.5) is 19.0 Å². The summed E-state index contributed by atoms with van der Waals surface area (Å²) in [6, 6.07) is 14.1. The number of rotatable bonds is 3. The molecule has 0 saturated heterocycles. The summed E-state index contributed by atoms with van der Waals surface area (Å²) >= 11 is 0. The molecule has 0 aliphatic carbocycles. The Bertz CT molecular complexity index is 1310. The highest BCUT2D eigenvalue weighted by atomic mass is 19.4. The first-order valence-electron chi connectivity index (χ1n) is 8.91. The third-order valence-corrected chi connectivity index (χ3v) is 4.76. The third kappa shape index (κ3) is 3.36. The topological polar surface area (TPSA) is 64.2 Å². The van der Waals surface area contributed by atoms with Crippen molar-refractivity contribution in [1.82, 2.24) is 4.57 Å². The normalized spacial score (nSPS) is 11.6. The fourth-order valence-corrected chi connectivity index (χ4v) is 3.33. The monoisotopic (exact) mass is 412 g/mol. The van der Waals surface area contributed by atoms with Crippen LogP contribution in [0.1, 0.15) is 16.1 Å². The molecule has 1 amide bonds. The fraction of sp³-hybridized carbons (Fsp3) is 0.0909. The summed E-state index contributed by atoms with van der Waals surface area (Å²) in [5.74, 6) is -0.552. The molecule has 0 saturated carbocycles. The third-order valence-electron chi connectivity index (χ3n) is 4.76. The van der Waals surface area contributed by atoms with Crippen LogP contribution < -0.4 is 10.7 Å². The molecule has 0 atom stereocenters. The van der Waals surface area contributed by atoms with Crippen LogP contribution in [0, 0.1) is 0 Å². The molecule has 2 aromatic carbocycles. The van der Waals surface area contributed by atoms with Gasteiger partial charge in [-0.1, -0.05) is 24.3 Å². The molecule has 2 heterocycles. The number of para-hydroxylation sites is 1. The summed E-state index contributed by atoms with van der Waals surface area (Å²) < 4.78 is 46.4. The van der Waals surface area contributed by atoms with Gasteiger partial charge in [-0.15, -0.1) is 0 Å². The van der Waals surface area contributed by atoms with Crippen molar-refractivity contribution in [2.75, 3.05) is 5.32 Å². The van der Waals surface area contributed by atoms with Crippen LogP contribution in [0.5, 0.6) is 0 Å². The number of hydrogen-bond donors (Lipinski definition) is 1. The maximum absolute atomic E-state index is 13.3. The minimum atomic E-state index is -4.57. The molecular weight excluding hydrogens is 397 g/mol. The van der Waals surface area contributed by atoms with Gasteiger partial charge in [0.05, 0.1) is 22.9 Å². The average molecular weight is 412 g/mol. The zero-order valence-corrected chi connectivity index (χ0v) is 15.7. The number of halogens is 3. The Morgan fingerprint density at radius 3 is 2.50 bits per heavy atom. The van der Waals surface area contributed by atoms with Crippen molar-refractivity contribution in [3.8, 4) is 11.1 Å². The molecule has 0 spiro atoms. The highest BCUT2D eigenvalue weighted by Crippen LogP contribution is 2.34. The van der Waals surface area contributed by atoms with E-state index in [1.807, 2.05) is 0 Å². The Kier molecular flexibility index (Phi) is 4.69. The van der Waals surface area contributed by atoms with E-state index < -0.39 is 23.1 Å². The number of anilines is 1. The predicted octanol–water partition coefficient (Wildman–Crippen LogP) is 5.07. The lowest BCUT2D eigenvalue weighted by molar-refractivity contribution is -0.137. The van der Waals surface area contributed by atoms with Crippen molar-refractivity contribution < 1.29 is 22.4 Å². The van der Waals surface area contributed by atoms with Crippen molar-refractivity contribution in [2.24, 2.45) is 7.05 Å². The SMILES string of the molecule is Cn1c(NC(=O)c2ccco2)c(-c2cccc(C(F)(F)F)c2)c(=O)c2ccccc21. The van der Waals surface area contributed by atoms with E-state index in [1.165, 1.54) is 30.5 Å².